The first kappa shape index (κ1) is 20.4. The van der Waals surface area contributed by atoms with Gasteiger partial charge < -0.3 is 10.1 Å². The van der Waals surface area contributed by atoms with E-state index in [1.165, 1.54) is 14.0 Å². The quantitative estimate of drug-likeness (QED) is 0.700. The third-order valence-electron chi connectivity index (χ3n) is 3.89. The number of ether oxygens (including phenoxy) is 1. The molecule has 7 nitrogen and oxygen atoms in total. The third kappa shape index (κ3) is 5.55. The Morgan fingerprint density at radius 3 is 2.26 bits per heavy atom. The highest BCUT2D eigenvalue weighted by molar-refractivity contribution is 7.92. The molecule has 8 heteroatoms. The van der Waals surface area contributed by atoms with E-state index in [0.29, 0.717) is 22.7 Å². The maximum Gasteiger partial charge on any atom is 0.232 e. The van der Waals surface area contributed by atoms with Crippen LogP contribution in [0, 0.1) is 0 Å². The van der Waals surface area contributed by atoms with Crippen LogP contribution in [-0.2, 0) is 14.8 Å². The van der Waals surface area contributed by atoms with E-state index < -0.39 is 10.0 Å². The zero-order chi connectivity index (χ0) is 20.0. The smallest absolute Gasteiger partial charge is 0.232 e. The minimum atomic E-state index is -3.59. The highest BCUT2D eigenvalue weighted by Crippen LogP contribution is 2.23. The van der Waals surface area contributed by atoms with Crippen LogP contribution in [0.1, 0.15) is 23.7 Å². The first-order chi connectivity index (χ1) is 12.7. The van der Waals surface area contributed by atoms with Crippen molar-refractivity contribution in [3.05, 3.63) is 54.1 Å². The Labute approximate surface area is 159 Å². The van der Waals surface area contributed by atoms with Crippen molar-refractivity contribution in [2.24, 2.45) is 0 Å². The van der Waals surface area contributed by atoms with Gasteiger partial charge in [-0.2, -0.15) is 0 Å². The molecule has 0 saturated carbocycles. The van der Waals surface area contributed by atoms with Crippen LogP contribution in [0.3, 0.4) is 0 Å². The van der Waals surface area contributed by atoms with Crippen molar-refractivity contribution in [1.82, 2.24) is 0 Å². The Kier molecular flexibility index (Phi) is 6.57. The number of nitrogens with one attached hydrogen (secondary N) is 1. The molecule has 0 aliphatic rings. The van der Waals surface area contributed by atoms with Crippen LogP contribution in [0.4, 0.5) is 11.4 Å². The topological polar surface area (TPSA) is 92.8 Å². The molecule has 0 unspecified atom stereocenters. The second-order valence-corrected chi connectivity index (χ2v) is 7.84. The number of amides is 1. The number of Topliss-reactive ketones (excluding diaryl/α,β-unsaturated/α-hetero) is 1. The second-order valence-electron chi connectivity index (χ2n) is 5.94. The number of rotatable bonds is 8. The summed E-state index contributed by atoms with van der Waals surface area (Å²) in [4.78, 5) is 23.6. The summed E-state index contributed by atoms with van der Waals surface area (Å²) in [6, 6.07) is 13.2. The summed E-state index contributed by atoms with van der Waals surface area (Å²) >= 11 is 0. The summed E-state index contributed by atoms with van der Waals surface area (Å²) in [7, 11) is -2.09. The van der Waals surface area contributed by atoms with Crippen molar-refractivity contribution >= 4 is 33.1 Å². The summed E-state index contributed by atoms with van der Waals surface area (Å²) < 4.78 is 30.6. The number of methoxy groups -OCH3 is 1. The standard InChI is InChI=1S/C19H22N2O5S/c1-14(22)15-8-10-16(11-9-15)21(27(3,24)25)13-12-19(23)20-17-6-4-5-7-18(17)26-2/h4-11H,12-13H2,1-3H3,(H,20,23). The van der Waals surface area contributed by atoms with Gasteiger partial charge in [0.25, 0.3) is 0 Å². The molecule has 0 spiro atoms. The molecule has 0 aliphatic heterocycles. The summed E-state index contributed by atoms with van der Waals surface area (Å²) in [5, 5.41) is 2.71. The van der Waals surface area contributed by atoms with Gasteiger partial charge in [-0.25, -0.2) is 8.42 Å². The fraction of sp³-hybridized carbons (Fsp3) is 0.263. The van der Waals surface area contributed by atoms with Gasteiger partial charge in [-0.15, -0.1) is 0 Å². The molecule has 0 radical (unpaired) electrons. The van der Waals surface area contributed by atoms with Crippen LogP contribution in [0.2, 0.25) is 0 Å². The molecule has 2 rings (SSSR count). The number of para-hydroxylation sites is 2. The predicted molar refractivity (Wildman–Crippen MR) is 105 cm³/mol. The van der Waals surface area contributed by atoms with Crippen LogP contribution in [0.15, 0.2) is 48.5 Å². The zero-order valence-corrected chi connectivity index (χ0v) is 16.2. The highest BCUT2D eigenvalue weighted by atomic mass is 32.2. The summed E-state index contributed by atoms with van der Waals surface area (Å²) in [5.74, 6) is 0.0720. The fourth-order valence-electron chi connectivity index (χ4n) is 2.51. The normalized spacial score (nSPS) is 10.9. The number of sulfonamides is 1. The number of ketones is 1. The minimum Gasteiger partial charge on any atom is -0.495 e. The molecule has 2 aromatic carbocycles. The first-order valence-electron chi connectivity index (χ1n) is 8.24. The molecule has 1 amide bonds. The van der Waals surface area contributed by atoms with Gasteiger partial charge in [0.05, 0.1) is 24.7 Å². The number of benzene rings is 2. The lowest BCUT2D eigenvalue weighted by Gasteiger charge is -2.22. The number of carbonyl (C=O) groups excluding carboxylic acids is 2. The van der Waals surface area contributed by atoms with Crippen molar-refractivity contribution in [2.45, 2.75) is 13.3 Å². The Hall–Kier alpha value is -2.87. The fourth-order valence-corrected chi connectivity index (χ4v) is 3.44. The van der Waals surface area contributed by atoms with Crippen LogP contribution in [-0.4, -0.2) is 40.0 Å². The van der Waals surface area contributed by atoms with E-state index in [2.05, 4.69) is 5.32 Å². The molecule has 2 aromatic rings. The highest BCUT2D eigenvalue weighted by Gasteiger charge is 2.19. The van der Waals surface area contributed by atoms with Gasteiger partial charge in [0.2, 0.25) is 15.9 Å². The molecule has 0 atom stereocenters. The molecule has 0 aromatic heterocycles. The van der Waals surface area contributed by atoms with Crippen molar-refractivity contribution in [1.29, 1.82) is 0 Å². The molecule has 0 saturated heterocycles. The van der Waals surface area contributed by atoms with E-state index in [-0.39, 0.29) is 24.7 Å². The van der Waals surface area contributed by atoms with E-state index in [0.717, 1.165) is 10.6 Å². The zero-order valence-electron chi connectivity index (χ0n) is 15.4. The number of hydrogen-bond donors (Lipinski definition) is 1. The van der Waals surface area contributed by atoms with E-state index in [4.69, 9.17) is 4.74 Å². The predicted octanol–water partition coefficient (Wildman–Crippen LogP) is 2.69. The molecule has 0 heterocycles. The van der Waals surface area contributed by atoms with Crippen molar-refractivity contribution in [2.75, 3.05) is 29.5 Å². The average Bonchev–Trinajstić information content (AvgIpc) is 2.61. The Balaban J connectivity index is 2.11. The molecule has 0 bridgehead atoms. The second kappa shape index (κ2) is 8.68. The van der Waals surface area contributed by atoms with Crippen molar-refractivity contribution < 1.29 is 22.7 Å². The first-order valence-corrected chi connectivity index (χ1v) is 10.1. The summed E-state index contributed by atoms with van der Waals surface area (Å²) in [6.07, 6.45) is 1.03. The number of anilines is 2. The van der Waals surface area contributed by atoms with Crippen molar-refractivity contribution in [3.63, 3.8) is 0 Å². The van der Waals surface area contributed by atoms with Crippen LogP contribution < -0.4 is 14.4 Å². The maximum atomic E-state index is 12.3. The van der Waals surface area contributed by atoms with E-state index in [9.17, 15) is 18.0 Å². The lowest BCUT2D eigenvalue weighted by Crippen LogP contribution is -2.33. The van der Waals surface area contributed by atoms with E-state index in [1.807, 2.05) is 0 Å². The Morgan fingerprint density at radius 2 is 1.70 bits per heavy atom. The average molecular weight is 390 g/mol. The van der Waals surface area contributed by atoms with Gasteiger partial charge in [0.15, 0.2) is 5.78 Å². The molecule has 144 valence electrons. The monoisotopic (exact) mass is 390 g/mol. The lowest BCUT2D eigenvalue weighted by molar-refractivity contribution is -0.116. The SMILES string of the molecule is COc1ccccc1NC(=O)CCN(c1ccc(C(C)=O)cc1)S(C)(=O)=O. The largest absolute Gasteiger partial charge is 0.495 e. The van der Waals surface area contributed by atoms with Gasteiger partial charge in [-0.05, 0) is 43.3 Å². The summed E-state index contributed by atoms with van der Waals surface area (Å²) in [6.45, 7) is 1.41. The number of carbonyl (C=O) groups is 2. The van der Waals surface area contributed by atoms with Gasteiger partial charge in [0.1, 0.15) is 5.75 Å². The molecule has 27 heavy (non-hydrogen) atoms. The van der Waals surface area contributed by atoms with Crippen LogP contribution in [0.25, 0.3) is 0 Å². The lowest BCUT2D eigenvalue weighted by atomic mass is 10.1. The third-order valence-corrected chi connectivity index (χ3v) is 5.08. The van der Waals surface area contributed by atoms with Gasteiger partial charge >= 0.3 is 0 Å². The van der Waals surface area contributed by atoms with Gasteiger partial charge in [-0.3, -0.25) is 13.9 Å². The molecular formula is C19H22N2O5S. The van der Waals surface area contributed by atoms with Gasteiger partial charge in [0, 0.05) is 18.5 Å². The molecular weight excluding hydrogens is 368 g/mol. The number of hydrogen-bond acceptors (Lipinski definition) is 5. The molecule has 0 aliphatic carbocycles. The van der Waals surface area contributed by atoms with E-state index in [1.54, 1.807) is 48.5 Å². The maximum absolute atomic E-state index is 12.3. The van der Waals surface area contributed by atoms with Crippen LogP contribution in [0.5, 0.6) is 5.75 Å². The Bertz CT molecular complexity index is 923. The van der Waals surface area contributed by atoms with Crippen LogP contribution >= 0.6 is 0 Å². The van der Waals surface area contributed by atoms with Crippen molar-refractivity contribution in [3.8, 4) is 5.75 Å². The van der Waals surface area contributed by atoms with E-state index >= 15 is 0 Å². The molecule has 1 N–H and O–H groups in total. The number of nitrogens with zero attached hydrogens (tertiary/aromatic N) is 1. The van der Waals surface area contributed by atoms with Gasteiger partial charge in [-0.1, -0.05) is 12.1 Å². The minimum absolute atomic E-state index is 0.0285. The molecule has 0 fully saturated rings. The summed E-state index contributed by atoms with van der Waals surface area (Å²) in [5.41, 5.74) is 1.40. The Morgan fingerprint density at radius 1 is 1.07 bits per heavy atom.